The molecule has 0 N–H and O–H groups in total. The lowest BCUT2D eigenvalue weighted by molar-refractivity contribution is -0.139. The minimum Gasteiger partial charge on any atom is -0.469 e. The van der Waals surface area contributed by atoms with Crippen molar-refractivity contribution in [2.75, 3.05) is 7.11 Å². The van der Waals surface area contributed by atoms with Gasteiger partial charge in [-0.15, -0.1) is 0 Å². The minimum absolute atomic E-state index is 0.0476. The Morgan fingerprint density at radius 1 is 1.35 bits per heavy atom. The first kappa shape index (κ1) is 14.0. The maximum Gasteiger partial charge on any atom is 0.387 e. The molecule has 0 aliphatic heterocycles. The number of halogens is 4. The zero-order chi connectivity index (χ0) is 13.0. The van der Waals surface area contributed by atoms with E-state index in [-0.39, 0.29) is 27.8 Å². The van der Waals surface area contributed by atoms with E-state index in [2.05, 4.69) is 9.47 Å². The Bertz CT molecular complexity index is 424. The molecule has 17 heavy (non-hydrogen) atoms. The van der Waals surface area contributed by atoms with Gasteiger partial charge in [0.2, 0.25) is 0 Å². The van der Waals surface area contributed by atoms with Crippen LogP contribution in [0.3, 0.4) is 0 Å². The van der Waals surface area contributed by atoms with Crippen molar-refractivity contribution in [1.82, 2.24) is 0 Å². The summed E-state index contributed by atoms with van der Waals surface area (Å²) in [6, 6.07) is 2.70. The van der Waals surface area contributed by atoms with Gasteiger partial charge in [0.25, 0.3) is 0 Å². The normalized spacial score (nSPS) is 10.5. The highest BCUT2D eigenvalue weighted by Gasteiger charge is 2.19. The highest BCUT2D eigenvalue weighted by molar-refractivity contribution is 6.35. The number of benzene rings is 1. The molecule has 0 unspecified atom stereocenters. The third kappa shape index (κ3) is 3.71. The lowest BCUT2D eigenvalue weighted by Crippen LogP contribution is -2.10. The first-order chi connectivity index (χ1) is 7.95. The van der Waals surface area contributed by atoms with Crippen LogP contribution >= 0.6 is 23.2 Å². The van der Waals surface area contributed by atoms with E-state index in [1.165, 1.54) is 19.2 Å². The molecule has 7 heteroatoms. The van der Waals surface area contributed by atoms with Crippen molar-refractivity contribution in [3.8, 4) is 5.75 Å². The summed E-state index contributed by atoms with van der Waals surface area (Å²) >= 11 is 11.5. The second kappa shape index (κ2) is 6.02. The molecule has 1 aromatic rings. The molecule has 1 aromatic carbocycles. The number of alkyl halides is 2. The van der Waals surface area contributed by atoms with E-state index in [4.69, 9.17) is 23.2 Å². The van der Waals surface area contributed by atoms with Crippen molar-refractivity contribution in [2.45, 2.75) is 13.0 Å². The van der Waals surface area contributed by atoms with Gasteiger partial charge < -0.3 is 9.47 Å². The largest absolute Gasteiger partial charge is 0.469 e. The monoisotopic (exact) mass is 284 g/mol. The van der Waals surface area contributed by atoms with Crippen LogP contribution in [0, 0.1) is 0 Å². The second-order valence-corrected chi connectivity index (χ2v) is 3.78. The van der Waals surface area contributed by atoms with Crippen molar-refractivity contribution in [1.29, 1.82) is 0 Å². The van der Waals surface area contributed by atoms with Crippen LogP contribution in [-0.4, -0.2) is 19.7 Å². The summed E-state index contributed by atoms with van der Waals surface area (Å²) in [6.45, 7) is -3.05. The zero-order valence-electron chi connectivity index (χ0n) is 8.68. The Hall–Kier alpha value is -1.07. The predicted molar refractivity (Wildman–Crippen MR) is 58.8 cm³/mol. The molecule has 94 valence electrons. The molecule has 0 heterocycles. The fourth-order valence-electron chi connectivity index (χ4n) is 1.17. The molecule has 0 atom stereocenters. The molecule has 0 fully saturated rings. The topological polar surface area (TPSA) is 35.5 Å². The number of hydrogen-bond donors (Lipinski definition) is 0. The lowest BCUT2D eigenvalue weighted by atomic mass is 10.1. The van der Waals surface area contributed by atoms with E-state index in [1.807, 2.05) is 0 Å². The Morgan fingerprint density at radius 3 is 2.47 bits per heavy atom. The predicted octanol–water partition coefficient (Wildman–Crippen LogP) is 3.31. The standard InChI is InChI=1S/C10H8Cl2F2O3/c1-16-8(15)4-5-6(11)2-3-7(12)9(5)17-10(13)14/h2-3,10H,4H2,1H3. The second-order valence-electron chi connectivity index (χ2n) is 2.97. The van der Waals surface area contributed by atoms with E-state index in [0.29, 0.717) is 0 Å². The highest BCUT2D eigenvalue weighted by atomic mass is 35.5. The van der Waals surface area contributed by atoms with Gasteiger partial charge in [0.15, 0.2) is 0 Å². The average Bonchev–Trinajstić information content (AvgIpc) is 2.27. The first-order valence-corrected chi connectivity index (χ1v) is 5.19. The van der Waals surface area contributed by atoms with Gasteiger partial charge in [0, 0.05) is 10.6 Å². The Balaban J connectivity index is 3.14. The van der Waals surface area contributed by atoms with E-state index in [0.717, 1.165) is 0 Å². The third-order valence-electron chi connectivity index (χ3n) is 1.91. The lowest BCUT2D eigenvalue weighted by Gasteiger charge is -2.13. The van der Waals surface area contributed by atoms with Crippen LogP contribution in [0.1, 0.15) is 5.56 Å². The first-order valence-electron chi connectivity index (χ1n) is 4.44. The van der Waals surface area contributed by atoms with Crippen LogP contribution in [0.25, 0.3) is 0 Å². The van der Waals surface area contributed by atoms with Gasteiger partial charge in [-0.25, -0.2) is 0 Å². The molecule has 0 bridgehead atoms. The maximum absolute atomic E-state index is 12.2. The van der Waals surface area contributed by atoms with Crippen molar-refractivity contribution in [2.24, 2.45) is 0 Å². The number of carbonyl (C=O) groups excluding carboxylic acids is 1. The quantitative estimate of drug-likeness (QED) is 0.796. The van der Waals surface area contributed by atoms with Crippen LogP contribution in [0.2, 0.25) is 10.0 Å². The summed E-state index contributed by atoms with van der Waals surface area (Å²) in [6.07, 6.45) is -0.294. The van der Waals surface area contributed by atoms with Gasteiger partial charge in [-0.05, 0) is 12.1 Å². The molecule has 0 aliphatic rings. The Kier molecular flexibility index (Phi) is 4.96. The highest BCUT2D eigenvalue weighted by Crippen LogP contribution is 2.35. The van der Waals surface area contributed by atoms with Crippen LogP contribution in [-0.2, 0) is 16.0 Å². The summed E-state index contributed by atoms with van der Waals surface area (Å²) in [5.74, 6) is -0.937. The van der Waals surface area contributed by atoms with Crippen LogP contribution in [0.15, 0.2) is 12.1 Å². The number of rotatable bonds is 4. The van der Waals surface area contributed by atoms with Gasteiger partial charge in [0.1, 0.15) is 5.75 Å². The number of hydrogen-bond acceptors (Lipinski definition) is 3. The van der Waals surface area contributed by atoms with E-state index >= 15 is 0 Å². The van der Waals surface area contributed by atoms with E-state index in [1.54, 1.807) is 0 Å². The van der Waals surface area contributed by atoms with Crippen molar-refractivity contribution in [3.63, 3.8) is 0 Å². The molecule has 0 saturated heterocycles. The Labute approximate surface area is 106 Å². The average molecular weight is 285 g/mol. The minimum atomic E-state index is -3.05. The third-order valence-corrected chi connectivity index (χ3v) is 2.56. The van der Waals surface area contributed by atoms with Crippen molar-refractivity contribution in [3.05, 3.63) is 27.7 Å². The van der Waals surface area contributed by atoms with Crippen LogP contribution in [0.5, 0.6) is 5.75 Å². The van der Waals surface area contributed by atoms with E-state index in [9.17, 15) is 13.6 Å². The van der Waals surface area contributed by atoms with Crippen molar-refractivity contribution >= 4 is 29.2 Å². The molecule has 0 aromatic heterocycles. The molecule has 1 rings (SSSR count). The summed E-state index contributed by atoms with van der Waals surface area (Å²) in [7, 11) is 1.18. The number of ether oxygens (including phenoxy) is 2. The number of esters is 1. The SMILES string of the molecule is COC(=O)Cc1c(Cl)ccc(Cl)c1OC(F)F. The molecule has 0 radical (unpaired) electrons. The molecule has 0 saturated carbocycles. The smallest absolute Gasteiger partial charge is 0.387 e. The van der Waals surface area contributed by atoms with Gasteiger partial charge >= 0.3 is 12.6 Å². The number of carbonyl (C=O) groups is 1. The molecular weight excluding hydrogens is 277 g/mol. The van der Waals surface area contributed by atoms with E-state index < -0.39 is 12.6 Å². The van der Waals surface area contributed by atoms with Gasteiger partial charge in [0.05, 0.1) is 18.6 Å². The fraction of sp³-hybridized carbons (Fsp3) is 0.300. The van der Waals surface area contributed by atoms with Crippen LogP contribution < -0.4 is 4.74 Å². The summed E-state index contributed by atoms with van der Waals surface area (Å²) in [5, 5.41) is 0.0593. The molecule has 3 nitrogen and oxygen atoms in total. The van der Waals surface area contributed by atoms with Gasteiger partial charge in [-0.2, -0.15) is 8.78 Å². The molecule has 0 aliphatic carbocycles. The zero-order valence-corrected chi connectivity index (χ0v) is 10.2. The number of methoxy groups -OCH3 is 1. The Morgan fingerprint density at radius 2 is 1.94 bits per heavy atom. The maximum atomic E-state index is 12.2. The molecular formula is C10H8Cl2F2O3. The van der Waals surface area contributed by atoms with Crippen molar-refractivity contribution < 1.29 is 23.0 Å². The fourth-order valence-corrected chi connectivity index (χ4v) is 1.61. The summed E-state index contributed by atoms with van der Waals surface area (Å²) in [4.78, 5) is 11.1. The van der Waals surface area contributed by atoms with Gasteiger partial charge in [-0.1, -0.05) is 23.2 Å². The molecule has 0 spiro atoms. The molecule has 0 amide bonds. The van der Waals surface area contributed by atoms with Gasteiger partial charge in [-0.3, -0.25) is 4.79 Å². The summed E-state index contributed by atoms with van der Waals surface area (Å²) < 4.78 is 33.1. The van der Waals surface area contributed by atoms with Crippen LogP contribution in [0.4, 0.5) is 8.78 Å². The summed E-state index contributed by atoms with van der Waals surface area (Å²) in [5.41, 5.74) is 0.0753.